The van der Waals surface area contributed by atoms with Crippen molar-refractivity contribution in [3.63, 3.8) is 0 Å². The molecule has 0 spiro atoms. The van der Waals surface area contributed by atoms with Gasteiger partial charge in [0.15, 0.2) is 5.75 Å². The van der Waals surface area contributed by atoms with Crippen LogP contribution in [-0.2, 0) is 44.5 Å². The molecule has 1 heterocycles. The highest BCUT2D eigenvalue weighted by Gasteiger charge is 2.14. The zero-order valence-electron chi connectivity index (χ0n) is 24.2. The van der Waals surface area contributed by atoms with E-state index in [0.717, 1.165) is 18.4 Å². The van der Waals surface area contributed by atoms with Gasteiger partial charge in [0.2, 0.25) is 5.91 Å². The third-order valence-electron chi connectivity index (χ3n) is 5.72. The number of esters is 1. The minimum absolute atomic E-state index is 0.00523. The lowest BCUT2D eigenvalue weighted by Gasteiger charge is -2.15. The molecule has 13 heteroatoms. The molecule has 0 aromatic heterocycles. The average Bonchev–Trinajstić information content (AvgIpc) is 2.95. The Hall–Kier alpha value is -3.54. The predicted molar refractivity (Wildman–Crippen MR) is 154 cm³/mol. The number of rotatable bonds is 4. The summed E-state index contributed by atoms with van der Waals surface area (Å²) in [5.74, 6) is 2.60. The van der Waals surface area contributed by atoms with Crippen molar-refractivity contribution in [1.82, 2.24) is 10.6 Å². The van der Waals surface area contributed by atoms with Crippen molar-refractivity contribution in [1.29, 1.82) is 0 Å². The van der Waals surface area contributed by atoms with Crippen molar-refractivity contribution in [3.05, 3.63) is 23.8 Å². The second-order valence-electron chi connectivity index (χ2n) is 9.32. The highest BCUT2D eigenvalue weighted by Crippen LogP contribution is 2.27. The summed E-state index contributed by atoms with van der Waals surface area (Å²) in [7, 11) is 0. The lowest BCUT2D eigenvalue weighted by molar-refractivity contribution is -0.135. The number of hydrogen-bond acceptors (Lipinski definition) is 10. The van der Waals surface area contributed by atoms with Crippen molar-refractivity contribution in [3.8, 4) is 17.6 Å². The van der Waals surface area contributed by atoms with Gasteiger partial charge in [-0.25, -0.2) is 0 Å². The van der Waals surface area contributed by atoms with E-state index in [1.54, 1.807) is 12.1 Å². The molecule has 0 radical (unpaired) electrons. The zero-order chi connectivity index (χ0) is 30.4. The molecule has 1 aromatic rings. The van der Waals surface area contributed by atoms with Gasteiger partial charge >= 0.3 is 5.97 Å². The normalized spacial score (nSPS) is 18.8. The van der Waals surface area contributed by atoms with E-state index in [1.165, 1.54) is 0 Å². The van der Waals surface area contributed by atoms with Crippen molar-refractivity contribution < 1.29 is 42.9 Å². The molecule has 232 valence electrons. The fraction of sp³-hybridized carbons (Fsp3) is 0.586. The summed E-state index contributed by atoms with van der Waals surface area (Å²) >= 11 is 0. The summed E-state index contributed by atoms with van der Waals surface area (Å²) in [5.41, 5.74) is 7.49. The van der Waals surface area contributed by atoms with Crippen LogP contribution in [0.5, 0.6) is 5.75 Å². The quantitative estimate of drug-likeness (QED) is 0.217. The van der Waals surface area contributed by atoms with Crippen molar-refractivity contribution in [2.24, 2.45) is 5.73 Å². The van der Waals surface area contributed by atoms with Gasteiger partial charge in [-0.05, 0) is 30.5 Å². The minimum Gasteiger partial charge on any atom is -0.424 e. The van der Waals surface area contributed by atoms with Crippen LogP contribution < -0.4 is 26.4 Å². The van der Waals surface area contributed by atoms with Crippen LogP contribution in [0.1, 0.15) is 38.2 Å². The van der Waals surface area contributed by atoms with Crippen LogP contribution in [-0.4, -0.2) is 95.7 Å². The van der Waals surface area contributed by atoms with Crippen LogP contribution in [0, 0.1) is 11.8 Å². The molecule has 1 aromatic carbocycles. The zero-order valence-corrected chi connectivity index (χ0v) is 24.2. The van der Waals surface area contributed by atoms with Gasteiger partial charge in [-0.15, -0.1) is 0 Å². The molecular weight excluding hydrogens is 548 g/mol. The van der Waals surface area contributed by atoms with E-state index < -0.39 is 17.8 Å². The first kappa shape index (κ1) is 34.7. The molecule has 2 rings (SSSR count). The van der Waals surface area contributed by atoms with Crippen molar-refractivity contribution in [2.45, 2.75) is 45.1 Å². The molecule has 13 nitrogen and oxygen atoms in total. The molecule has 3 amide bonds. The molecule has 1 aliphatic heterocycles. The Morgan fingerprint density at radius 2 is 1.38 bits per heavy atom. The van der Waals surface area contributed by atoms with E-state index in [-0.39, 0.29) is 96.5 Å². The number of benzene rings is 1. The van der Waals surface area contributed by atoms with Crippen LogP contribution in [0.25, 0.3) is 0 Å². The molecular formula is C29H42N4O9. The summed E-state index contributed by atoms with van der Waals surface area (Å²) in [6.07, 6.45) is 2.52. The standard InChI is InChI=1S/C29H42N4O9/c1-2-3-23(30)20-22-4-5-25-24(21-22)33-28(36)8-12-38-16-18-40-14-10-31-26(34)6-7-27(35)32-11-15-41-19-17-39-13-9-29(37)42-25/h4-5,21,23H,2-3,8-20,30H2,1H3,(H,31,34)(H,32,35)(H,33,36)/t23-/m1/s1. The number of nitrogens with two attached hydrogens (primary N) is 1. The van der Waals surface area contributed by atoms with E-state index in [0.29, 0.717) is 12.1 Å². The van der Waals surface area contributed by atoms with Gasteiger partial charge in [0.1, 0.15) is 0 Å². The number of anilines is 1. The molecule has 0 saturated heterocycles. The SMILES string of the molecule is CCC[C@@H](N)Cc1ccc2c(c1)NC(=O)CCOCCOCCNC(=O)C#CC(=O)NCCOCCOCCC(=O)O2. The van der Waals surface area contributed by atoms with Gasteiger partial charge in [0.05, 0.1) is 71.4 Å². The van der Waals surface area contributed by atoms with Crippen LogP contribution in [0.2, 0.25) is 0 Å². The number of carbonyl (C=O) groups is 4. The van der Waals surface area contributed by atoms with E-state index in [1.807, 2.05) is 6.07 Å². The van der Waals surface area contributed by atoms with Crippen LogP contribution >= 0.6 is 0 Å². The monoisotopic (exact) mass is 590 g/mol. The van der Waals surface area contributed by atoms with Crippen LogP contribution in [0.3, 0.4) is 0 Å². The maximum atomic E-state index is 12.6. The van der Waals surface area contributed by atoms with E-state index in [4.69, 9.17) is 29.4 Å². The summed E-state index contributed by atoms with van der Waals surface area (Å²) in [4.78, 5) is 48.5. The molecule has 0 unspecified atom stereocenters. The topological polar surface area (TPSA) is 177 Å². The first-order valence-electron chi connectivity index (χ1n) is 14.1. The molecule has 5 N–H and O–H groups in total. The van der Waals surface area contributed by atoms with Gasteiger partial charge in [-0.3, -0.25) is 19.2 Å². The largest absolute Gasteiger partial charge is 0.424 e. The van der Waals surface area contributed by atoms with Gasteiger partial charge in [0, 0.05) is 31.0 Å². The van der Waals surface area contributed by atoms with E-state index >= 15 is 0 Å². The molecule has 0 bridgehead atoms. The van der Waals surface area contributed by atoms with Gasteiger partial charge in [0.25, 0.3) is 11.8 Å². The Kier molecular flexibility index (Phi) is 17.5. The summed E-state index contributed by atoms with van der Waals surface area (Å²) in [6.45, 7) is 4.20. The molecule has 42 heavy (non-hydrogen) atoms. The number of fused-ring (bicyclic) bond motifs is 1. The smallest absolute Gasteiger partial charge is 0.313 e. The molecule has 0 saturated carbocycles. The summed E-state index contributed by atoms with van der Waals surface area (Å²) in [5, 5.41) is 7.85. The van der Waals surface area contributed by atoms with E-state index in [9.17, 15) is 19.2 Å². The second-order valence-corrected chi connectivity index (χ2v) is 9.32. The maximum absolute atomic E-state index is 12.6. The highest BCUT2D eigenvalue weighted by atomic mass is 16.5. The molecule has 0 fully saturated rings. The highest BCUT2D eigenvalue weighted by molar-refractivity contribution is 6.02. The Morgan fingerprint density at radius 1 is 0.810 bits per heavy atom. The van der Waals surface area contributed by atoms with Crippen molar-refractivity contribution in [2.75, 3.05) is 71.3 Å². The number of amides is 3. The fourth-order valence-electron chi connectivity index (χ4n) is 3.69. The Bertz CT molecular complexity index is 1070. The predicted octanol–water partition coefficient (Wildman–Crippen LogP) is 0.296. The second kappa shape index (κ2) is 21.2. The summed E-state index contributed by atoms with van der Waals surface area (Å²) in [6, 6.07) is 5.22. The number of ether oxygens (including phenoxy) is 5. The molecule has 1 atom stereocenters. The number of nitrogens with one attached hydrogen (secondary N) is 3. The van der Waals surface area contributed by atoms with Crippen LogP contribution in [0.4, 0.5) is 5.69 Å². The average molecular weight is 591 g/mol. The van der Waals surface area contributed by atoms with Crippen LogP contribution in [0.15, 0.2) is 18.2 Å². The molecule has 1 aliphatic rings. The summed E-state index contributed by atoms with van der Waals surface area (Å²) < 4.78 is 27.1. The Balaban J connectivity index is 1.96. The third kappa shape index (κ3) is 16.0. The minimum atomic E-state index is -0.600. The van der Waals surface area contributed by atoms with Gasteiger partial charge < -0.3 is 45.4 Å². The van der Waals surface area contributed by atoms with Gasteiger partial charge in [-0.2, -0.15) is 0 Å². The number of carbonyl (C=O) groups excluding carboxylic acids is 4. The lowest BCUT2D eigenvalue weighted by Crippen LogP contribution is -2.28. The first-order chi connectivity index (χ1) is 20.4. The first-order valence-corrected chi connectivity index (χ1v) is 14.1. The fourth-order valence-corrected chi connectivity index (χ4v) is 3.69. The lowest BCUT2D eigenvalue weighted by atomic mass is 10.0. The number of hydrogen-bond donors (Lipinski definition) is 4. The van der Waals surface area contributed by atoms with Crippen molar-refractivity contribution >= 4 is 29.4 Å². The third-order valence-corrected chi connectivity index (χ3v) is 5.72. The Morgan fingerprint density at radius 3 is 1.98 bits per heavy atom. The van der Waals surface area contributed by atoms with Gasteiger partial charge in [-0.1, -0.05) is 19.4 Å². The Labute approximate surface area is 246 Å². The molecule has 0 aliphatic carbocycles. The van der Waals surface area contributed by atoms with E-state index in [2.05, 4.69) is 34.7 Å². The maximum Gasteiger partial charge on any atom is 0.313 e.